The van der Waals surface area contributed by atoms with Crippen molar-refractivity contribution in [2.75, 3.05) is 0 Å². The lowest BCUT2D eigenvalue weighted by atomic mass is 9.60. The molecule has 0 radical (unpaired) electrons. The van der Waals surface area contributed by atoms with Crippen LogP contribution >= 0.6 is 0 Å². The van der Waals surface area contributed by atoms with E-state index in [4.69, 9.17) is 9.15 Å². The first-order chi connectivity index (χ1) is 21.1. The van der Waals surface area contributed by atoms with E-state index in [1.165, 1.54) is 31.3 Å². The van der Waals surface area contributed by atoms with Crippen LogP contribution in [0.2, 0.25) is 0 Å². The maximum absolute atomic E-state index is 13.3. The van der Waals surface area contributed by atoms with Crippen LogP contribution in [0.25, 0.3) is 0 Å². The summed E-state index contributed by atoms with van der Waals surface area (Å²) in [4.78, 5) is 17.9. The fourth-order valence-corrected chi connectivity index (χ4v) is 8.91. The van der Waals surface area contributed by atoms with Gasteiger partial charge in [0.25, 0.3) is 0 Å². The van der Waals surface area contributed by atoms with Crippen LogP contribution < -0.4 is 0 Å². The second-order valence-corrected chi connectivity index (χ2v) is 14.4. The number of fused-ring (bicyclic) bond motifs is 1. The largest absolute Gasteiger partial charge is 0.458 e. The van der Waals surface area contributed by atoms with Crippen molar-refractivity contribution in [3.63, 3.8) is 0 Å². The Hall–Kier alpha value is -2.96. The van der Waals surface area contributed by atoms with Gasteiger partial charge in [-0.2, -0.15) is 0 Å². The van der Waals surface area contributed by atoms with Gasteiger partial charge in [0.05, 0.1) is 28.9 Å². The van der Waals surface area contributed by atoms with Gasteiger partial charge < -0.3 is 19.4 Å². The van der Waals surface area contributed by atoms with E-state index in [0.29, 0.717) is 42.0 Å². The summed E-state index contributed by atoms with van der Waals surface area (Å²) < 4.78 is 12.2. The third-order valence-electron chi connectivity index (χ3n) is 11.6. The van der Waals surface area contributed by atoms with Crippen LogP contribution in [0, 0.1) is 30.1 Å². The molecule has 0 aliphatic heterocycles. The molecule has 4 aliphatic carbocycles. The van der Waals surface area contributed by atoms with Gasteiger partial charge in [0.2, 0.25) is 5.89 Å². The Morgan fingerprint density at radius 1 is 1.16 bits per heavy atom. The average molecular weight is 600 g/mol. The third-order valence-corrected chi connectivity index (χ3v) is 11.6. The number of nitrogens with zero attached hydrogens (tertiary/aromatic N) is 1. The van der Waals surface area contributed by atoms with E-state index in [0.717, 1.165) is 48.9 Å². The van der Waals surface area contributed by atoms with Crippen molar-refractivity contribution in [3.8, 4) is 0 Å². The average Bonchev–Trinajstić information content (AvgIpc) is 3.56. The first-order valence-corrected chi connectivity index (χ1v) is 16.7. The van der Waals surface area contributed by atoms with Crippen LogP contribution in [0.5, 0.6) is 0 Å². The maximum Gasteiger partial charge on any atom is 0.338 e. The number of oxazole rings is 1. The number of esters is 1. The fraction of sp³-hybridized carbons (Fsp3) is 0.579. The Bertz CT molecular complexity index is 1420. The lowest BCUT2D eigenvalue weighted by Crippen LogP contribution is -2.37. The first kappa shape index (κ1) is 31.0. The van der Waals surface area contributed by atoms with E-state index in [1.807, 2.05) is 37.3 Å². The molecular formula is C38H49NO5. The first-order valence-electron chi connectivity index (χ1n) is 16.7. The Morgan fingerprint density at radius 3 is 2.64 bits per heavy atom. The van der Waals surface area contributed by atoms with E-state index < -0.39 is 12.2 Å². The quantitative estimate of drug-likeness (QED) is 0.286. The van der Waals surface area contributed by atoms with Gasteiger partial charge in [-0.05, 0) is 118 Å². The molecule has 4 aliphatic rings. The highest BCUT2D eigenvalue weighted by atomic mass is 16.5. The zero-order valence-corrected chi connectivity index (χ0v) is 26.6. The van der Waals surface area contributed by atoms with E-state index in [9.17, 15) is 15.0 Å². The maximum atomic E-state index is 13.3. The predicted octanol–water partition coefficient (Wildman–Crippen LogP) is 7.80. The zero-order valence-electron chi connectivity index (χ0n) is 26.6. The van der Waals surface area contributed by atoms with Crippen molar-refractivity contribution in [1.29, 1.82) is 0 Å². The minimum Gasteiger partial charge on any atom is -0.458 e. The number of aliphatic hydroxyl groups is 2. The van der Waals surface area contributed by atoms with Gasteiger partial charge in [-0.1, -0.05) is 56.4 Å². The monoisotopic (exact) mass is 599 g/mol. The van der Waals surface area contributed by atoms with E-state index in [1.54, 1.807) is 6.26 Å². The van der Waals surface area contributed by atoms with E-state index >= 15 is 0 Å². The molecule has 4 fully saturated rings. The number of benzene rings is 1. The number of rotatable bonds is 9. The van der Waals surface area contributed by atoms with Gasteiger partial charge in [-0.25, -0.2) is 9.78 Å². The number of aryl methyl sites for hydroxylation is 1. The van der Waals surface area contributed by atoms with Crippen molar-refractivity contribution >= 4 is 5.97 Å². The highest BCUT2D eigenvalue weighted by Gasteiger charge is 2.57. The summed E-state index contributed by atoms with van der Waals surface area (Å²) in [5.41, 5.74) is 4.57. The number of carbonyl (C=O) groups is 1. The minimum atomic E-state index is -0.658. The van der Waals surface area contributed by atoms with Gasteiger partial charge in [0, 0.05) is 6.42 Å². The Kier molecular flexibility index (Phi) is 8.78. The molecule has 2 N–H and O–H groups in total. The third kappa shape index (κ3) is 6.00. The summed E-state index contributed by atoms with van der Waals surface area (Å²) in [6.45, 7) is 10.9. The molecule has 2 aromatic rings. The van der Waals surface area contributed by atoms with Crippen LogP contribution in [0.4, 0.5) is 0 Å². The highest BCUT2D eigenvalue weighted by Crippen LogP contribution is 2.60. The number of aromatic nitrogens is 1. The molecule has 1 aromatic carbocycles. The molecule has 0 unspecified atom stereocenters. The van der Waals surface area contributed by atoms with Gasteiger partial charge in [-0.3, -0.25) is 0 Å². The van der Waals surface area contributed by atoms with Gasteiger partial charge in [-0.15, -0.1) is 0 Å². The lowest BCUT2D eigenvalue weighted by molar-refractivity contribution is 0.00970. The molecule has 0 spiro atoms. The van der Waals surface area contributed by atoms with Crippen LogP contribution in [-0.2, 0) is 10.2 Å². The summed E-state index contributed by atoms with van der Waals surface area (Å²) in [7, 11) is 0. The molecule has 6 nitrogen and oxygen atoms in total. The van der Waals surface area contributed by atoms with Crippen LogP contribution in [0.1, 0.15) is 106 Å². The minimum absolute atomic E-state index is 0.234. The normalized spacial score (nSPS) is 32.8. The molecule has 0 amide bonds. The molecule has 6 heteroatoms. The Morgan fingerprint density at radius 2 is 1.93 bits per heavy atom. The van der Waals surface area contributed by atoms with Gasteiger partial charge >= 0.3 is 5.97 Å². The molecule has 0 saturated heterocycles. The Labute approximate surface area is 262 Å². The summed E-state index contributed by atoms with van der Waals surface area (Å²) in [5, 5.41) is 20.5. The Balaban J connectivity index is 1.17. The summed E-state index contributed by atoms with van der Waals surface area (Å²) >= 11 is 0. The number of aliphatic hydroxyl groups excluding tert-OH is 2. The second kappa shape index (κ2) is 12.4. The molecule has 44 heavy (non-hydrogen) atoms. The molecule has 7 atom stereocenters. The molecule has 1 heterocycles. The van der Waals surface area contributed by atoms with Crippen molar-refractivity contribution in [2.24, 2.45) is 23.2 Å². The smallest absolute Gasteiger partial charge is 0.338 e. The van der Waals surface area contributed by atoms with Gasteiger partial charge in [0.1, 0.15) is 12.4 Å². The number of hydrogen-bond donors (Lipinski definition) is 2. The standard InChI is InChI=1S/C38H49NO5/c1-24(12-17-34(44-35(42)28-9-6-5-7-10-28)38(19-20-38)36-39-25(2)23-43-36)31-15-16-32-27(11-8-18-37(31,32)4)13-14-29-21-30(40)22-33(41)26(29)3/h5-7,9-10,13-14,23-24,30-34,40-41H,3,8,11-12,15-22H2,1-2,4H3/b27-13+,29-14-/t24-,30-,31-,32+,33+,34-,37-/m1/s1. The van der Waals surface area contributed by atoms with Crippen LogP contribution in [-0.4, -0.2) is 39.5 Å². The number of allylic oxidation sites excluding steroid dienone is 3. The van der Waals surface area contributed by atoms with E-state index in [-0.39, 0.29) is 22.9 Å². The summed E-state index contributed by atoms with van der Waals surface area (Å²) in [6.07, 6.45) is 15.1. The molecule has 6 rings (SSSR count). The predicted molar refractivity (Wildman–Crippen MR) is 171 cm³/mol. The number of carbonyl (C=O) groups excluding carboxylic acids is 1. The van der Waals surface area contributed by atoms with Gasteiger partial charge in [0.15, 0.2) is 0 Å². The number of hydrogen-bond acceptors (Lipinski definition) is 6. The van der Waals surface area contributed by atoms with Crippen molar-refractivity contribution in [3.05, 3.63) is 89.2 Å². The van der Waals surface area contributed by atoms with Crippen LogP contribution in [0.3, 0.4) is 0 Å². The zero-order chi connectivity index (χ0) is 31.1. The van der Waals surface area contributed by atoms with Crippen molar-refractivity contribution in [2.45, 2.75) is 115 Å². The summed E-state index contributed by atoms with van der Waals surface area (Å²) in [6, 6.07) is 9.28. The van der Waals surface area contributed by atoms with E-state index in [2.05, 4.69) is 37.6 Å². The van der Waals surface area contributed by atoms with Crippen LogP contribution in [0.15, 0.2) is 76.5 Å². The van der Waals surface area contributed by atoms with Crippen molar-refractivity contribution in [1.82, 2.24) is 4.98 Å². The number of ether oxygens (including phenoxy) is 1. The topological polar surface area (TPSA) is 92.8 Å². The summed E-state index contributed by atoms with van der Waals surface area (Å²) in [5.74, 6) is 2.07. The fourth-order valence-electron chi connectivity index (χ4n) is 8.91. The SMILES string of the molecule is C=C1/C(=C\C=C2/CCC[C@]3(C)[C@@H]([C@H](C)CC[C@@H](OC(=O)c4ccccc4)C4(c5nc(C)co5)CC4)CC[C@@H]23)C[C@@H](O)C[C@@H]1O. The lowest BCUT2D eigenvalue weighted by Gasteiger charge is -2.44. The molecule has 0 bridgehead atoms. The highest BCUT2D eigenvalue weighted by molar-refractivity contribution is 5.89. The molecule has 236 valence electrons. The molecular weight excluding hydrogens is 550 g/mol. The molecule has 4 saturated carbocycles. The second-order valence-electron chi connectivity index (χ2n) is 14.4. The van der Waals surface area contributed by atoms with Crippen molar-refractivity contribution < 1.29 is 24.2 Å². The molecule has 1 aromatic heterocycles.